The molecule has 2 heterocycles. The fourth-order valence-corrected chi connectivity index (χ4v) is 2.60. The summed E-state index contributed by atoms with van der Waals surface area (Å²) in [6.45, 7) is 5.91. The summed E-state index contributed by atoms with van der Waals surface area (Å²) in [4.78, 5) is 16.4. The predicted molar refractivity (Wildman–Crippen MR) is 84.5 cm³/mol. The van der Waals surface area contributed by atoms with Gasteiger partial charge in [0.05, 0.1) is 5.69 Å². The lowest BCUT2D eigenvalue weighted by molar-refractivity contribution is 0.101. The molecule has 0 aliphatic heterocycles. The van der Waals surface area contributed by atoms with E-state index < -0.39 is 0 Å². The molecule has 106 valence electrons. The maximum atomic E-state index is 12.4. The Hall–Kier alpha value is -1.33. The van der Waals surface area contributed by atoms with Crippen LogP contribution in [0, 0.1) is 6.92 Å². The van der Waals surface area contributed by atoms with Crippen molar-refractivity contribution in [3.63, 3.8) is 0 Å². The van der Waals surface area contributed by atoms with Crippen molar-refractivity contribution in [2.45, 2.75) is 26.8 Å². The third kappa shape index (κ3) is 3.04. The lowest BCUT2D eigenvalue weighted by atomic mass is 10.2. The molecule has 0 spiro atoms. The first-order valence-electron chi connectivity index (χ1n) is 6.20. The maximum absolute atomic E-state index is 12.4. The van der Waals surface area contributed by atoms with Crippen molar-refractivity contribution in [3.8, 4) is 0 Å². The summed E-state index contributed by atoms with van der Waals surface area (Å²) in [5, 5.41) is 3.12. The fraction of sp³-hybridized carbons (Fsp3) is 0.286. The van der Waals surface area contributed by atoms with Crippen LogP contribution in [-0.4, -0.2) is 15.5 Å². The Morgan fingerprint density at radius 3 is 2.80 bits per heavy atom. The number of halogens is 2. The average molecular weight is 357 g/mol. The SMILES string of the molecule is Cc1ccnc(Cl)c1NC(=O)c1cc(Br)cn1C(C)C. The summed E-state index contributed by atoms with van der Waals surface area (Å²) in [5.41, 5.74) is 2.00. The number of nitrogens with zero attached hydrogens (tertiary/aromatic N) is 2. The van der Waals surface area contributed by atoms with Crippen molar-refractivity contribution in [2.75, 3.05) is 5.32 Å². The van der Waals surface area contributed by atoms with Crippen LogP contribution >= 0.6 is 27.5 Å². The molecule has 0 atom stereocenters. The zero-order valence-electron chi connectivity index (χ0n) is 11.4. The van der Waals surface area contributed by atoms with Gasteiger partial charge in [0.2, 0.25) is 0 Å². The molecule has 1 amide bonds. The van der Waals surface area contributed by atoms with Crippen LogP contribution in [0.2, 0.25) is 5.15 Å². The number of carbonyl (C=O) groups excluding carboxylic acids is 1. The second-order valence-corrected chi connectivity index (χ2v) is 6.07. The first kappa shape index (κ1) is 15.1. The Morgan fingerprint density at radius 2 is 2.20 bits per heavy atom. The normalized spacial score (nSPS) is 10.9. The second-order valence-electron chi connectivity index (χ2n) is 4.79. The molecular weight excluding hydrogens is 342 g/mol. The Bertz CT molecular complexity index is 632. The largest absolute Gasteiger partial charge is 0.340 e. The number of carbonyl (C=O) groups is 1. The lowest BCUT2D eigenvalue weighted by Gasteiger charge is -2.14. The minimum Gasteiger partial charge on any atom is -0.340 e. The van der Waals surface area contributed by atoms with Crippen LogP contribution < -0.4 is 5.32 Å². The Balaban J connectivity index is 2.34. The predicted octanol–water partition coefficient (Wildman–Crippen LogP) is 4.44. The van der Waals surface area contributed by atoms with Gasteiger partial charge in [0.15, 0.2) is 5.15 Å². The van der Waals surface area contributed by atoms with E-state index in [9.17, 15) is 4.79 Å². The van der Waals surface area contributed by atoms with Gasteiger partial charge in [-0.3, -0.25) is 4.79 Å². The molecule has 1 N–H and O–H groups in total. The summed E-state index contributed by atoms with van der Waals surface area (Å²) >= 11 is 9.42. The highest BCUT2D eigenvalue weighted by Crippen LogP contribution is 2.25. The van der Waals surface area contributed by atoms with Gasteiger partial charge in [-0.05, 0) is 54.4 Å². The molecule has 0 aromatic carbocycles. The Labute approximate surface area is 131 Å². The van der Waals surface area contributed by atoms with E-state index in [1.165, 1.54) is 0 Å². The van der Waals surface area contributed by atoms with Crippen LogP contribution in [0.15, 0.2) is 29.0 Å². The summed E-state index contributed by atoms with van der Waals surface area (Å²) in [7, 11) is 0. The van der Waals surface area contributed by atoms with Crippen molar-refractivity contribution in [1.29, 1.82) is 0 Å². The number of hydrogen-bond acceptors (Lipinski definition) is 2. The fourth-order valence-electron chi connectivity index (χ4n) is 1.91. The molecule has 0 saturated carbocycles. The highest BCUT2D eigenvalue weighted by molar-refractivity contribution is 9.10. The number of aryl methyl sites for hydroxylation is 1. The number of amides is 1. The van der Waals surface area contributed by atoms with Gasteiger partial charge in [-0.2, -0.15) is 0 Å². The molecule has 2 aromatic heterocycles. The maximum Gasteiger partial charge on any atom is 0.272 e. The van der Waals surface area contributed by atoms with Gasteiger partial charge >= 0.3 is 0 Å². The van der Waals surface area contributed by atoms with E-state index in [1.54, 1.807) is 18.3 Å². The van der Waals surface area contributed by atoms with Crippen LogP contribution in [-0.2, 0) is 0 Å². The molecule has 6 heteroatoms. The van der Waals surface area contributed by atoms with Crippen molar-refractivity contribution in [3.05, 3.63) is 45.4 Å². The minimum atomic E-state index is -0.206. The van der Waals surface area contributed by atoms with Crippen LogP contribution in [0.25, 0.3) is 0 Å². The third-order valence-electron chi connectivity index (χ3n) is 2.96. The third-order valence-corrected chi connectivity index (χ3v) is 3.68. The van der Waals surface area contributed by atoms with Gasteiger partial charge in [-0.1, -0.05) is 11.6 Å². The number of rotatable bonds is 3. The zero-order valence-corrected chi connectivity index (χ0v) is 13.8. The molecule has 4 nitrogen and oxygen atoms in total. The highest BCUT2D eigenvalue weighted by atomic mass is 79.9. The van der Waals surface area contributed by atoms with Crippen molar-refractivity contribution in [1.82, 2.24) is 9.55 Å². The number of hydrogen-bond donors (Lipinski definition) is 1. The molecule has 0 fully saturated rings. The van der Waals surface area contributed by atoms with E-state index in [4.69, 9.17) is 11.6 Å². The quantitative estimate of drug-likeness (QED) is 0.826. The molecule has 0 unspecified atom stereocenters. The van der Waals surface area contributed by atoms with E-state index >= 15 is 0 Å². The topological polar surface area (TPSA) is 46.9 Å². The molecule has 2 aromatic rings. The lowest BCUT2D eigenvalue weighted by Crippen LogP contribution is -2.18. The molecule has 0 aliphatic carbocycles. The highest BCUT2D eigenvalue weighted by Gasteiger charge is 2.17. The van der Waals surface area contributed by atoms with Crippen LogP contribution in [0.3, 0.4) is 0 Å². The van der Waals surface area contributed by atoms with Gasteiger partial charge in [-0.15, -0.1) is 0 Å². The average Bonchev–Trinajstić information content (AvgIpc) is 2.76. The van der Waals surface area contributed by atoms with Crippen LogP contribution in [0.1, 0.15) is 35.9 Å². The Kier molecular flexibility index (Phi) is 4.50. The van der Waals surface area contributed by atoms with E-state index in [-0.39, 0.29) is 11.9 Å². The van der Waals surface area contributed by atoms with E-state index in [0.29, 0.717) is 16.5 Å². The second kappa shape index (κ2) is 5.97. The molecule has 2 rings (SSSR count). The minimum absolute atomic E-state index is 0.188. The summed E-state index contributed by atoms with van der Waals surface area (Å²) in [5.74, 6) is -0.206. The monoisotopic (exact) mass is 355 g/mol. The summed E-state index contributed by atoms with van der Waals surface area (Å²) in [6.07, 6.45) is 3.50. The number of pyridine rings is 1. The molecule has 0 radical (unpaired) electrons. The van der Waals surface area contributed by atoms with Gasteiger partial charge in [0, 0.05) is 22.9 Å². The van der Waals surface area contributed by atoms with Crippen molar-refractivity contribution >= 4 is 39.1 Å². The van der Waals surface area contributed by atoms with E-state index in [1.807, 2.05) is 31.5 Å². The number of anilines is 1. The molecule has 0 bridgehead atoms. The number of nitrogens with one attached hydrogen (secondary N) is 1. The molecular formula is C14H15BrClN3O. The standard InChI is InChI=1S/C14H15BrClN3O/c1-8(2)19-7-10(15)6-11(19)14(20)18-12-9(3)4-5-17-13(12)16/h4-8H,1-3H3,(H,18,20). The molecule has 0 aliphatic rings. The Morgan fingerprint density at radius 1 is 1.50 bits per heavy atom. The number of aromatic nitrogens is 2. The van der Waals surface area contributed by atoms with Gasteiger partial charge in [0.1, 0.15) is 5.69 Å². The summed E-state index contributed by atoms with van der Waals surface area (Å²) in [6, 6.07) is 3.78. The molecule has 0 saturated heterocycles. The van der Waals surface area contributed by atoms with Crippen LogP contribution in [0.4, 0.5) is 5.69 Å². The van der Waals surface area contributed by atoms with E-state index in [2.05, 4.69) is 26.2 Å². The first-order valence-corrected chi connectivity index (χ1v) is 7.37. The van der Waals surface area contributed by atoms with Crippen molar-refractivity contribution in [2.24, 2.45) is 0 Å². The smallest absolute Gasteiger partial charge is 0.272 e. The zero-order chi connectivity index (χ0) is 14.9. The van der Waals surface area contributed by atoms with Crippen LogP contribution in [0.5, 0.6) is 0 Å². The summed E-state index contributed by atoms with van der Waals surface area (Å²) < 4.78 is 2.77. The first-order chi connectivity index (χ1) is 9.40. The molecule has 20 heavy (non-hydrogen) atoms. The van der Waals surface area contributed by atoms with Gasteiger partial charge < -0.3 is 9.88 Å². The van der Waals surface area contributed by atoms with Gasteiger partial charge in [-0.25, -0.2) is 4.98 Å². The van der Waals surface area contributed by atoms with Gasteiger partial charge in [0.25, 0.3) is 5.91 Å². The van der Waals surface area contributed by atoms with Crippen molar-refractivity contribution < 1.29 is 4.79 Å². The van der Waals surface area contributed by atoms with E-state index in [0.717, 1.165) is 10.0 Å².